The average molecular weight is 518 g/mol. The highest BCUT2D eigenvalue weighted by Crippen LogP contribution is 2.18. The molecule has 0 amide bonds. The van der Waals surface area contributed by atoms with Gasteiger partial charge in [0.25, 0.3) is 0 Å². The maximum atomic E-state index is 10.7. The molecule has 6 heteroatoms. The minimum Gasteiger partial charge on any atom is -0.384 e. The van der Waals surface area contributed by atoms with Gasteiger partial charge < -0.3 is 15.7 Å². The van der Waals surface area contributed by atoms with Crippen LogP contribution in [-0.4, -0.2) is 24.2 Å². The van der Waals surface area contributed by atoms with E-state index in [2.05, 4.69) is 31.6 Å². The second-order valence-corrected chi connectivity index (χ2v) is 6.73. The quantitative estimate of drug-likeness (QED) is 0.308. The van der Waals surface area contributed by atoms with Crippen molar-refractivity contribution in [3.05, 3.63) is 70.2 Å². The van der Waals surface area contributed by atoms with Crippen LogP contribution in [0.15, 0.2) is 64.1 Å². The summed E-state index contributed by atoms with van der Waals surface area (Å²) in [5.41, 5.74) is 1.04. The van der Waals surface area contributed by atoms with E-state index in [0.717, 1.165) is 22.1 Å². The number of hydrogen-bond donors (Lipinski definition) is 3. The number of benzene rings is 2. The van der Waals surface area contributed by atoms with Crippen molar-refractivity contribution in [1.82, 2.24) is 10.6 Å². The van der Waals surface area contributed by atoms with Crippen LogP contribution >= 0.6 is 39.9 Å². The summed E-state index contributed by atoms with van der Waals surface area (Å²) in [7, 11) is 0. The summed E-state index contributed by atoms with van der Waals surface area (Å²) < 4.78 is 1.05. The van der Waals surface area contributed by atoms with Crippen molar-refractivity contribution in [1.29, 1.82) is 0 Å². The monoisotopic (exact) mass is 517 g/mol. The summed E-state index contributed by atoms with van der Waals surface area (Å²) >= 11 is 3.43. The number of aliphatic hydroxyl groups is 1. The highest BCUT2D eigenvalue weighted by atomic mass is 127. The van der Waals surface area contributed by atoms with Crippen LogP contribution < -0.4 is 10.6 Å². The third kappa shape index (κ3) is 7.33. The van der Waals surface area contributed by atoms with Crippen molar-refractivity contribution >= 4 is 45.9 Å². The van der Waals surface area contributed by atoms with Gasteiger partial charge in [0.05, 0.1) is 13.1 Å². The summed E-state index contributed by atoms with van der Waals surface area (Å²) in [6.07, 6.45) is 0. The van der Waals surface area contributed by atoms with Crippen molar-refractivity contribution in [2.45, 2.75) is 26.0 Å². The Bertz CT molecular complexity index is 660. The van der Waals surface area contributed by atoms with Crippen LogP contribution in [0.5, 0.6) is 0 Å². The highest BCUT2D eigenvalue weighted by molar-refractivity contribution is 14.0. The number of nitrogens with zero attached hydrogens (tertiary/aromatic N) is 1. The predicted molar refractivity (Wildman–Crippen MR) is 118 cm³/mol. The van der Waals surface area contributed by atoms with Crippen LogP contribution in [0.25, 0.3) is 0 Å². The molecule has 2 aromatic carbocycles. The van der Waals surface area contributed by atoms with E-state index in [1.165, 1.54) is 0 Å². The molecule has 0 aromatic heterocycles. The minimum atomic E-state index is -0.963. The molecule has 1 unspecified atom stereocenters. The fourth-order valence-electron chi connectivity index (χ4n) is 2.26. The maximum absolute atomic E-state index is 10.7. The van der Waals surface area contributed by atoms with Gasteiger partial charge in [-0.2, -0.15) is 0 Å². The van der Waals surface area contributed by atoms with E-state index in [-0.39, 0.29) is 24.0 Å². The molecule has 3 N–H and O–H groups in total. The van der Waals surface area contributed by atoms with E-state index in [4.69, 9.17) is 0 Å². The summed E-state index contributed by atoms with van der Waals surface area (Å²) in [6, 6.07) is 17.7. The lowest BCUT2D eigenvalue weighted by molar-refractivity contribution is 0.0617. The van der Waals surface area contributed by atoms with Gasteiger partial charge in [-0.05, 0) is 37.1 Å². The summed E-state index contributed by atoms with van der Waals surface area (Å²) in [6.45, 7) is 5.54. The zero-order valence-electron chi connectivity index (χ0n) is 14.5. The average Bonchev–Trinajstić information content (AvgIpc) is 2.59. The second kappa shape index (κ2) is 10.8. The van der Waals surface area contributed by atoms with Crippen LogP contribution in [0.1, 0.15) is 25.0 Å². The van der Waals surface area contributed by atoms with Gasteiger partial charge in [-0.1, -0.05) is 58.4 Å². The lowest BCUT2D eigenvalue weighted by Gasteiger charge is -2.25. The Morgan fingerprint density at radius 2 is 1.72 bits per heavy atom. The zero-order chi connectivity index (χ0) is 17.4. The lowest BCUT2D eigenvalue weighted by Crippen LogP contribution is -2.44. The Labute approximate surface area is 175 Å². The minimum absolute atomic E-state index is 0. The van der Waals surface area contributed by atoms with Gasteiger partial charge in [0.15, 0.2) is 5.96 Å². The van der Waals surface area contributed by atoms with Gasteiger partial charge in [0.1, 0.15) is 5.60 Å². The van der Waals surface area contributed by atoms with Crippen LogP contribution in [-0.2, 0) is 12.1 Å². The van der Waals surface area contributed by atoms with E-state index < -0.39 is 5.60 Å². The molecule has 4 nitrogen and oxygen atoms in total. The van der Waals surface area contributed by atoms with E-state index >= 15 is 0 Å². The zero-order valence-corrected chi connectivity index (χ0v) is 18.4. The molecule has 0 saturated heterocycles. The molecular formula is C19H25BrIN3O. The SMILES string of the molecule is CCNC(=NCc1ccc(Br)cc1)NCC(C)(O)c1ccccc1.I. The first kappa shape index (κ1) is 21.9. The van der Waals surface area contributed by atoms with Crippen LogP contribution in [0.2, 0.25) is 0 Å². The highest BCUT2D eigenvalue weighted by Gasteiger charge is 2.22. The molecule has 0 radical (unpaired) electrons. The summed E-state index contributed by atoms with van der Waals surface area (Å²) in [4.78, 5) is 4.58. The maximum Gasteiger partial charge on any atom is 0.191 e. The molecule has 0 heterocycles. The second-order valence-electron chi connectivity index (χ2n) is 5.82. The van der Waals surface area contributed by atoms with Crippen molar-refractivity contribution in [3.63, 3.8) is 0 Å². The topological polar surface area (TPSA) is 56.7 Å². The third-order valence-electron chi connectivity index (χ3n) is 3.67. The van der Waals surface area contributed by atoms with E-state index in [1.807, 2.05) is 61.5 Å². The Morgan fingerprint density at radius 1 is 1.08 bits per heavy atom. The predicted octanol–water partition coefficient (Wildman–Crippen LogP) is 4.03. The summed E-state index contributed by atoms with van der Waals surface area (Å²) in [5.74, 6) is 0.691. The van der Waals surface area contributed by atoms with Crippen molar-refractivity contribution in [2.75, 3.05) is 13.1 Å². The molecule has 0 aliphatic heterocycles. The number of hydrogen-bond acceptors (Lipinski definition) is 2. The number of nitrogens with one attached hydrogen (secondary N) is 2. The number of rotatable bonds is 6. The molecule has 0 aliphatic rings. The van der Waals surface area contributed by atoms with Gasteiger partial charge in [-0.25, -0.2) is 4.99 Å². The Hall–Kier alpha value is -1.12. The summed E-state index contributed by atoms with van der Waals surface area (Å²) in [5, 5.41) is 17.1. The molecule has 136 valence electrons. The fourth-order valence-corrected chi connectivity index (χ4v) is 2.52. The molecule has 0 spiro atoms. The Balaban J connectivity index is 0.00000312. The van der Waals surface area contributed by atoms with Gasteiger partial charge in [0.2, 0.25) is 0 Å². The van der Waals surface area contributed by atoms with Crippen molar-refractivity contribution < 1.29 is 5.11 Å². The van der Waals surface area contributed by atoms with Gasteiger partial charge >= 0.3 is 0 Å². The van der Waals surface area contributed by atoms with Crippen LogP contribution in [0, 0.1) is 0 Å². The molecule has 25 heavy (non-hydrogen) atoms. The Morgan fingerprint density at radius 3 is 2.32 bits per heavy atom. The number of halogens is 2. The van der Waals surface area contributed by atoms with E-state index in [1.54, 1.807) is 6.92 Å². The first-order valence-electron chi connectivity index (χ1n) is 8.06. The normalized spacial score (nSPS) is 13.5. The largest absolute Gasteiger partial charge is 0.384 e. The van der Waals surface area contributed by atoms with Crippen molar-refractivity contribution in [3.8, 4) is 0 Å². The molecular weight excluding hydrogens is 493 g/mol. The van der Waals surface area contributed by atoms with Gasteiger partial charge in [-0.3, -0.25) is 0 Å². The fraction of sp³-hybridized carbons (Fsp3) is 0.316. The third-order valence-corrected chi connectivity index (χ3v) is 4.20. The molecule has 0 bridgehead atoms. The molecule has 1 atom stereocenters. The van der Waals surface area contributed by atoms with Gasteiger partial charge in [0, 0.05) is 11.0 Å². The van der Waals surface area contributed by atoms with Crippen molar-refractivity contribution in [2.24, 2.45) is 4.99 Å². The van der Waals surface area contributed by atoms with E-state index in [0.29, 0.717) is 19.0 Å². The lowest BCUT2D eigenvalue weighted by atomic mass is 9.96. The molecule has 0 aliphatic carbocycles. The first-order valence-corrected chi connectivity index (χ1v) is 8.85. The first-order chi connectivity index (χ1) is 11.5. The molecule has 0 fully saturated rings. The molecule has 0 saturated carbocycles. The number of guanidine groups is 1. The molecule has 2 rings (SSSR count). The smallest absolute Gasteiger partial charge is 0.191 e. The Kier molecular flexibility index (Phi) is 9.45. The molecule has 2 aromatic rings. The standard InChI is InChI=1S/C19H24BrN3O.HI/c1-3-21-18(22-13-15-9-11-17(20)12-10-15)23-14-19(2,24)16-7-5-4-6-8-16;/h4-12,24H,3,13-14H2,1-2H3,(H2,21,22,23);1H. The number of aliphatic imine (C=N–C) groups is 1. The van der Waals surface area contributed by atoms with Crippen LogP contribution in [0.4, 0.5) is 0 Å². The van der Waals surface area contributed by atoms with E-state index in [9.17, 15) is 5.11 Å². The van der Waals surface area contributed by atoms with Gasteiger partial charge in [-0.15, -0.1) is 24.0 Å². The van der Waals surface area contributed by atoms with Crippen LogP contribution in [0.3, 0.4) is 0 Å².